The van der Waals surface area contributed by atoms with Gasteiger partial charge in [0.1, 0.15) is 4.21 Å². The lowest BCUT2D eigenvalue weighted by Gasteiger charge is -2.14. The third kappa shape index (κ3) is 4.28. The minimum absolute atomic E-state index is 0.0816. The zero-order valence-corrected chi connectivity index (χ0v) is 17.9. The summed E-state index contributed by atoms with van der Waals surface area (Å²) in [5.41, 5.74) is 3.46. The normalized spacial score (nSPS) is 13.0. The summed E-state index contributed by atoms with van der Waals surface area (Å²) >= 11 is 1.25. The van der Waals surface area contributed by atoms with Gasteiger partial charge in [-0.2, -0.15) is 0 Å². The van der Waals surface area contributed by atoms with Crippen LogP contribution in [0.5, 0.6) is 0 Å². The van der Waals surface area contributed by atoms with Gasteiger partial charge in [0.25, 0.3) is 0 Å². The highest BCUT2D eigenvalue weighted by Crippen LogP contribution is 2.30. The molecule has 1 aromatic carbocycles. The van der Waals surface area contributed by atoms with Crippen molar-refractivity contribution in [2.45, 2.75) is 17.6 Å². The Balaban J connectivity index is 1.75. The molecule has 3 rings (SSSR count). The van der Waals surface area contributed by atoms with Crippen molar-refractivity contribution in [3.05, 3.63) is 59.9 Å². The van der Waals surface area contributed by atoms with Gasteiger partial charge in [0.05, 0.1) is 27.5 Å². The number of pyridine rings is 1. The number of likely N-dealkylation sites (N-methyl/N-ethyl adjacent to an activating group) is 1. The summed E-state index contributed by atoms with van der Waals surface area (Å²) in [6.07, 6.45) is 3.60. The average Bonchev–Trinajstić information content (AvgIpc) is 3.11. The van der Waals surface area contributed by atoms with Gasteiger partial charge in [-0.3, -0.25) is 14.7 Å². The van der Waals surface area contributed by atoms with Gasteiger partial charge in [-0.1, -0.05) is 41.7 Å². The van der Waals surface area contributed by atoms with E-state index >= 15 is 0 Å². The van der Waals surface area contributed by atoms with Crippen molar-refractivity contribution in [2.75, 3.05) is 25.3 Å². The van der Waals surface area contributed by atoms with E-state index in [2.05, 4.69) is 14.3 Å². The van der Waals surface area contributed by atoms with Crippen molar-refractivity contribution < 1.29 is 9.00 Å². The molecule has 0 spiro atoms. The van der Waals surface area contributed by atoms with E-state index in [1.807, 2.05) is 42.5 Å². The van der Waals surface area contributed by atoms with E-state index in [0.717, 1.165) is 16.8 Å². The molecule has 0 fully saturated rings. The van der Waals surface area contributed by atoms with Crippen LogP contribution in [0, 0.1) is 6.92 Å². The molecule has 0 aliphatic carbocycles. The van der Waals surface area contributed by atoms with E-state index in [0.29, 0.717) is 15.0 Å². The number of nitrogens with zero attached hydrogens (tertiary/aromatic N) is 4. The molecule has 0 saturated heterocycles. The lowest BCUT2D eigenvalue weighted by molar-refractivity contribution is -0.117. The molecule has 0 radical (unpaired) electrons. The number of benzene rings is 1. The van der Waals surface area contributed by atoms with Crippen LogP contribution in [0.4, 0.5) is 5.13 Å². The minimum atomic E-state index is -2.47. The van der Waals surface area contributed by atoms with Gasteiger partial charge in [-0.05, 0) is 24.6 Å². The second-order valence-electron chi connectivity index (χ2n) is 6.40. The molecule has 1 atom stereocenters. The van der Waals surface area contributed by atoms with Crippen LogP contribution in [-0.2, 0) is 20.9 Å². The number of hydrogen-bond donors (Lipinski definition) is 0. The van der Waals surface area contributed by atoms with Crippen molar-refractivity contribution in [3.8, 4) is 11.3 Å². The zero-order chi connectivity index (χ0) is 20.3. The molecule has 0 saturated carbocycles. The summed E-state index contributed by atoms with van der Waals surface area (Å²) in [5.74, 6) is -0.0816. The molecule has 2 heterocycles. The Morgan fingerprint density at radius 2 is 1.93 bits per heavy atom. The predicted molar refractivity (Wildman–Crippen MR) is 114 cm³/mol. The fraction of sp³-hybridized carbons (Fsp3) is 0.250. The maximum atomic E-state index is 12.7. The lowest BCUT2D eigenvalue weighted by Crippen LogP contribution is -2.27. The van der Waals surface area contributed by atoms with Crippen molar-refractivity contribution in [2.24, 2.45) is 4.36 Å². The van der Waals surface area contributed by atoms with E-state index in [4.69, 9.17) is 0 Å². The van der Waals surface area contributed by atoms with E-state index in [1.54, 1.807) is 26.4 Å². The second kappa shape index (κ2) is 8.20. The number of aryl methyl sites for hydroxylation is 1. The molecule has 2 aromatic heterocycles. The molecule has 1 amide bonds. The van der Waals surface area contributed by atoms with Crippen molar-refractivity contribution in [3.63, 3.8) is 0 Å². The first-order valence-corrected chi connectivity index (χ1v) is 11.4. The smallest absolute Gasteiger partial charge is 0.232 e. The number of rotatable bonds is 5. The summed E-state index contributed by atoms with van der Waals surface area (Å²) < 4.78 is 17.1. The summed E-state index contributed by atoms with van der Waals surface area (Å²) in [4.78, 5) is 23.0. The van der Waals surface area contributed by atoms with Crippen molar-refractivity contribution >= 4 is 32.1 Å². The number of amides is 1. The number of carbonyl (C=O) groups excluding carboxylic acids is 1. The SMILES string of the molecule is CN=S(C)(=O)c1sc(N(C)C(=O)Cc2ccc(-c3ccccn3)cc2)nc1C. The first-order chi connectivity index (χ1) is 13.3. The molecule has 146 valence electrons. The van der Waals surface area contributed by atoms with Crippen molar-refractivity contribution in [1.82, 2.24) is 9.97 Å². The lowest BCUT2D eigenvalue weighted by atomic mass is 10.1. The van der Waals surface area contributed by atoms with E-state index in [-0.39, 0.29) is 12.3 Å². The van der Waals surface area contributed by atoms with Crippen LogP contribution in [0.3, 0.4) is 0 Å². The van der Waals surface area contributed by atoms with Gasteiger partial charge >= 0.3 is 0 Å². The second-order valence-corrected chi connectivity index (χ2v) is 10.0. The van der Waals surface area contributed by atoms with Gasteiger partial charge in [-0.15, -0.1) is 0 Å². The Kier molecular flexibility index (Phi) is 5.90. The van der Waals surface area contributed by atoms with E-state index in [1.165, 1.54) is 23.3 Å². The fourth-order valence-corrected chi connectivity index (χ4v) is 5.28. The standard InChI is InChI=1S/C20H22N4O2S2/c1-14-19(28(4,26)21-2)27-20(23-14)24(3)18(25)13-15-8-10-16(11-9-15)17-7-5-6-12-22-17/h5-12H,13H2,1-4H3. The molecule has 0 aliphatic heterocycles. The van der Waals surface area contributed by atoms with Crippen LogP contribution in [0.15, 0.2) is 57.2 Å². The third-order valence-electron chi connectivity index (χ3n) is 4.37. The Hall–Kier alpha value is -2.58. The van der Waals surface area contributed by atoms with Gasteiger partial charge < -0.3 is 0 Å². The van der Waals surface area contributed by atoms with Crippen LogP contribution in [0.2, 0.25) is 0 Å². The number of hydrogen-bond acceptors (Lipinski definition) is 6. The highest BCUT2D eigenvalue weighted by Gasteiger charge is 2.20. The van der Waals surface area contributed by atoms with Gasteiger partial charge in [0, 0.05) is 32.1 Å². The average molecular weight is 415 g/mol. The van der Waals surface area contributed by atoms with Crippen LogP contribution >= 0.6 is 11.3 Å². The zero-order valence-electron chi connectivity index (χ0n) is 16.2. The fourth-order valence-electron chi connectivity index (χ4n) is 2.67. The third-order valence-corrected chi connectivity index (χ3v) is 8.25. The van der Waals surface area contributed by atoms with E-state index in [9.17, 15) is 9.00 Å². The molecular formula is C20H22N4O2S2. The Labute approximate surface area is 169 Å². The Morgan fingerprint density at radius 1 is 1.21 bits per heavy atom. The summed E-state index contributed by atoms with van der Waals surface area (Å²) in [7, 11) is 0.750. The monoisotopic (exact) mass is 414 g/mol. The summed E-state index contributed by atoms with van der Waals surface area (Å²) in [5, 5.41) is 0.529. The van der Waals surface area contributed by atoms with Crippen LogP contribution in [0.1, 0.15) is 11.3 Å². The molecule has 3 aromatic rings. The van der Waals surface area contributed by atoms with E-state index < -0.39 is 9.73 Å². The van der Waals surface area contributed by atoms with Gasteiger partial charge in [0.2, 0.25) is 5.91 Å². The van der Waals surface area contributed by atoms with Crippen LogP contribution in [-0.4, -0.2) is 40.4 Å². The molecule has 0 N–H and O–H groups in total. The summed E-state index contributed by atoms with van der Waals surface area (Å²) in [6.45, 7) is 1.79. The molecule has 28 heavy (non-hydrogen) atoms. The van der Waals surface area contributed by atoms with Crippen molar-refractivity contribution in [1.29, 1.82) is 0 Å². The molecule has 0 bridgehead atoms. The number of thiazole rings is 1. The molecule has 0 aliphatic rings. The number of aromatic nitrogens is 2. The Morgan fingerprint density at radius 3 is 2.54 bits per heavy atom. The minimum Gasteiger partial charge on any atom is -0.291 e. The number of carbonyl (C=O) groups is 1. The molecular weight excluding hydrogens is 392 g/mol. The highest BCUT2D eigenvalue weighted by molar-refractivity contribution is 7.95. The van der Waals surface area contributed by atoms with Gasteiger partial charge in [0.15, 0.2) is 5.13 Å². The molecule has 1 unspecified atom stereocenters. The topological polar surface area (TPSA) is 75.5 Å². The maximum absolute atomic E-state index is 12.7. The maximum Gasteiger partial charge on any atom is 0.232 e. The van der Waals surface area contributed by atoms with Crippen LogP contribution in [0.25, 0.3) is 11.3 Å². The quantitative estimate of drug-likeness (QED) is 0.636. The van der Waals surface area contributed by atoms with Crippen LogP contribution < -0.4 is 4.90 Å². The Bertz CT molecular complexity index is 1100. The highest BCUT2D eigenvalue weighted by atomic mass is 32.2. The summed E-state index contributed by atoms with van der Waals surface area (Å²) in [6, 6.07) is 13.6. The molecule has 6 nitrogen and oxygen atoms in total. The first kappa shape index (κ1) is 20.2. The largest absolute Gasteiger partial charge is 0.291 e. The van der Waals surface area contributed by atoms with Gasteiger partial charge in [-0.25, -0.2) is 13.6 Å². The predicted octanol–water partition coefficient (Wildman–Crippen LogP) is 3.81. The molecule has 8 heteroatoms. The first-order valence-electron chi connectivity index (χ1n) is 8.66. The number of anilines is 1.